The highest BCUT2D eigenvalue weighted by atomic mass is 31.2. The van der Waals surface area contributed by atoms with Gasteiger partial charge in [0, 0.05) is 43.4 Å². The fraction of sp³-hybridized carbons (Fsp3) is 0.786. The number of alkyl halides is 2. The zero-order valence-electron chi connectivity index (χ0n) is 28.0. The van der Waals surface area contributed by atoms with Crippen molar-refractivity contribution in [1.29, 1.82) is 0 Å². The summed E-state index contributed by atoms with van der Waals surface area (Å²) in [5.74, 6) is -0.508. The van der Waals surface area contributed by atoms with Crippen LogP contribution in [0.4, 0.5) is 8.78 Å². The van der Waals surface area contributed by atoms with Gasteiger partial charge < -0.3 is 38.1 Å². The van der Waals surface area contributed by atoms with Gasteiger partial charge in [0.05, 0.1) is 6.10 Å². The first-order chi connectivity index (χ1) is 21.3. The summed E-state index contributed by atoms with van der Waals surface area (Å²) in [4.78, 5) is 45.3. The van der Waals surface area contributed by atoms with Gasteiger partial charge in [-0.1, -0.05) is 0 Å². The maximum absolute atomic E-state index is 15.4. The molecule has 46 heavy (non-hydrogen) atoms. The smallest absolute Gasteiger partial charge is 0.330 e. The number of carbonyl (C=O) groups is 1. The third-order valence-electron chi connectivity index (χ3n) is 7.09. The Bertz CT molecular complexity index is 1350. The number of aryl methyl sites for hydroxylation is 1. The molecule has 2 rings (SSSR count). The molecule has 0 aromatic carbocycles. The van der Waals surface area contributed by atoms with Crippen molar-refractivity contribution in [2.75, 3.05) is 60.3 Å². The molecule has 2 N–H and O–H groups in total. The third-order valence-corrected chi connectivity index (χ3v) is 11.0. The summed E-state index contributed by atoms with van der Waals surface area (Å²) in [6.45, 7) is 18.5. The molecule has 0 radical (unpaired) electrons. The van der Waals surface area contributed by atoms with E-state index in [0.717, 1.165) is 17.9 Å². The van der Waals surface area contributed by atoms with Crippen LogP contribution >= 0.6 is 15.7 Å². The minimum absolute atomic E-state index is 0.0134. The van der Waals surface area contributed by atoms with Crippen LogP contribution in [0, 0.1) is 13.5 Å². The van der Waals surface area contributed by atoms with E-state index < -0.39 is 76.1 Å². The maximum Gasteiger partial charge on any atom is 0.330 e. The molecule has 1 saturated heterocycles. The van der Waals surface area contributed by atoms with E-state index in [1.807, 2.05) is 51.4 Å². The van der Waals surface area contributed by atoms with Gasteiger partial charge >= 0.3 is 5.69 Å². The Balaban J connectivity index is 2.67. The van der Waals surface area contributed by atoms with Gasteiger partial charge in [0.2, 0.25) is 12.5 Å². The standard InChI is InChI=1S/C28H48F2N6O8P2/c1-18(2)36(19(3)4)45(42-14-12-31-6)44-23-21(15-28(29,30)46(9,10)40)43-26(35-16-20(5)25(38)33-27(35)39)24(23)41-17-22(37)32-11-13-34(7)8/h16,18-19,21,23-24,26H,11-15,17H2,1-5,7-10H3,(H,32,37)(H,33,38,39)/t21-,23-,24-,26-,45?/m1/s1. The number of halogens is 2. The largest absolute Gasteiger partial charge is 0.361 e. The molecule has 1 amide bonds. The maximum atomic E-state index is 15.4. The normalized spacial score (nSPS) is 21.3. The quantitative estimate of drug-likeness (QED) is 0.133. The van der Waals surface area contributed by atoms with Crippen LogP contribution in [0.1, 0.15) is 45.9 Å². The van der Waals surface area contributed by atoms with E-state index in [9.17, 15) is 18.9 Å². The summed E-state index contributed by atoms with van der Waals surface area (Å²) >= 11 is 0. The van der Waals surface area contributed by atoms with E-state index >= 15 is 8.78 Å². The molecule has 18 heteroatoms. The van der Waals surface area contributed by atoms with Crippen LogP contribution in [0.3, 0.4) is 0 Å². The van der Waals surface area contributed by atoms with Gasteiger partial charge in [-0.2, -0.15) is 8.78 Å². The Morgan fingerprint density at radius 2 is 1.87 bits per heavy atom. The average Bonchev–Trinajstić information content (AvgIpc) is 3.23. The minimum Gasteiger partial charge on any atom is -0.361 e. The molecule has 1 aliphatic rings. The van der Waals surface area contributed by atoms with Gasteiger partial charge in [-0.25, -0.2) is 16.0 Å². The van der Waals surface area contributed by atoms with Crippen molar-refractivity contribution in [2.24, 2.45) is 0 Å². The number of H-pyrrole nitrogens is 1. The first-order valence-electron chi connectivity index (χ1n) is 15.0. The van der Waals surface area contributed by atoms with Crippen molar-refractivity contribution in [1.82, 2.24) is 24.4 Å². The van der Waals surface area contributed by atoms with Crippen LogP contribution in [0.5, 0.6) is 0 Å². The molecule has 1 aromatic heterocycles. The van der Waals surface area contributed by atoms with Gasteiger partial charge in [0.25, 0.3) is 19.7 Å². The number of likely N-dealkylation sites (N-methyl/N-ethyl adjacent to an activating group) is 1. The average molecular weight is 697 g/mol. The van der Waals surface area contributed by atoms with E-state index in [4.69, 9.17) is 25.1 Å². The zero-order valence-corrected chi connectivity index (χ0v) is 29.8. The highest BCUT2D eigenvalue weighted by Crippen LogP contribution is 2.58. The highest BCUT2D eigenvalue weighted by molar-refractivity contribution is 7.63. The summed E-state index contributed by atoms with van der Waals surface area (Å²) in [5.41, 5.74) is -5.10. The molecule has 1 aromatic rings. The second-order valence-electron chi connectivity index (χ2n) is 12.3. The molecule has 0 bridgehead atoms. The van der Waals surface area contributed by atoms with Crippen LogP contribution in [-0.2, 0) is 27.9 Å². The molecule has 2 heterocycles. The van der Waals surface area contributed by atoms with Crippen molar-refractivity contribution in [3.8, 4) is 0 Å². The number of aromatic amines is 1. The number of carbonyl (C=O) groups excluding carboxylic acids is 1. The number of hydrogen-bond acceptors (Lipinski definition) is 10. The molecule has 1 fully saturated rings. The Morgan fingerprint density at radius 1 is 1.24 bits per heavy atom. The first kappa shape index (κ1) is 40.1. The van der Waals surface area contributed by atoms with E-state index in [-0.39, 0.29) is 30.8 Å². The number of aromatic nitrogens is 2. The van der Waals surface area contributed by atoms with E-state index in [1.165, 1.54) is 13.1 Å². The van der Waals surface area contributed by atoms with Crippen molar-refractivity contribution in [3.05, 3.63) is 44.0 Å². The number of amides is 1. The van der Waals surface area contributed by atoms with Crippen LogP contribution in [0.15, 0.2) is 15.8 Å². The number of hydrogen-bond donors (Lipinski definition) is 2. The lowest BCUT2D eigenvalue weighted by Gasteiger charge is -2.38. The van der Waals surface area contributed by atoms with Crippen molar-refractivity contribution in [2.45, 2.75) is 83.3 Å². The lowest BCUT2D eigenvalue weighted by atomic mass is 10.1. The predicted octanol–water partition coefficient (Wildman–Crippen LogP) is 3.08. The fourth-order valence-electron chi connectivity index (χ4n) is 4.67. The molecule has 0 saturated carbocycles. The molecule has 1 unspecified atom stereocenters. The van der Waals surface area contributed by atoms with Crippen LogP contribution in [0.2, 0.25) is 0 Å². The molecule has 262 valence electrons. The van der Waals surface area contributed by atoms with E-state index in [2.05, 4.69) is 15.1 Å². The Kier molecular flexibility index (Phi) is 15.1. The monoisotopic (exact) mass is 696 g/mol. The SMILES string of the molecule is [C-]#[N+]CCOP(O[C@H]1[C@@H](OCC(=O)NCCN(C)C)[C@H](n2cc(C)c(=O)[nH]c2=O)O[C@@H]1CC(F)(F)P(C)(C)=O)N(C(C)C)C(C)C. The van der Waals surface area contributed by atoms with Gasteiger partial charge in [-0.15, -0.1) is 0 Å². The molecule has 1 aliphatic heterocycles. The first-order valence-corrected chi connectivity index (χ1v) is 18.7. The number of ether oxygens (including phenoxy) is 2. The lowest BCUT2D eigenvalue weighted by Crippen LogP contribution is -2.44. The lowest BCUT2D eigenvalue weighted by molar-refractivity contribution is -0.132. The topological polar surface area (TPSA) is 149 Å². The van der Waals surface area contributed by atoms with E-state index in [0.29, 0.717) is 13.1 Å². The molecular formula is C28H48F2N6O8P2. The molecule has 0 aliphatic carbocycles. The summed E-state index contributed by atoms with van der Waals surface area (Å²) in [6.07, 6.45) is -5.47. The van der Waals surface area contributed by atoms with E-state index in [1.54, 1.807) is 0 Å². The van der Waals surface area contributed by atoms with Crippen LogP contribution < -0.4 is 16.6 Å². The Morgan fingerprint density at radius 3 is 2.41 bits per heavy atom. The fourth-order valence-corrected chi connectivity index (χ4v) is 7.05. The number of nitrogens with one attached hydrogen (secondary N) is 2. The molecule has 14 nitrogen and oxygen atoms in total. The predicted molar refractivity (Wildman–Crippen MR) is 172 cm³/mol. The number of nitrogens with zero attached hydrogens (tertiary/aromatic N) is 4. The Labute approximate surface area is 270 Å². The minimum atomic E-state index is -4.00. The molecule has 0 spiro atoms. The second kappa shape index (κ2) is 17.4. The second-order valence-corrected chi connectivity index (χ2v) is 17.0. The van der Waals surface area contributed by atoms with Gasteiger partial charge in [0.15, 0.2) is 6.23 Å². The van der Waals surface area contributed by atoms with Crippen LogP contribution in [0.25, 0.3) is 4.85 Å². The van der Waals surface area contributed by atoms with Crippen molar-refractivity contribution in [3.63, 3.8) is 0 Å². The molecular weight excluding hydrogens is 648 g/mol. The summed E-state index contributed by atoms with van der Waals surface area (Å²) in [5, 5.41) is 2.71. The summed E-state index contributed by atoms with van der Waals surface area (Å²) < 4.78 is 71.0. The number of rotatable bonds is 18. The van der Waals surface area contributed by atoms with Gasteiger partial charge in [-0.3, -0.25) is 19.1 Å². The van der Waals surface area contributed by atoms with Gasteiger partial charge in [-0.05, 0) is 62.0 Å². The highest BCUT2D eigenvalue weighted by Gasteiger charge is 2.55. The van der Waals surface area contributed by atoms with Crippen molar-refractivity contribution >= 4 is 21.6 Å². The molecule has 5 atom stereocenters. The summed E-state index contributed by atoms with van der Waals surface area (Å²) in [7, 11) is -2.36. The Hall–Kier alpha value is -2.08. The van der Waals surface area contributed by atoms with Crippen molar-refractivity contribution < 1.29 is 36.7 Å². The zero-order chi connectivity index (χ0) is 35.0. The summed E-state index contributed by atoms with van der Waals surface area (Å²) in [6, 6.07) is -0.287. The van der Waals surface area contributed by atoms with Gasteiger partial charge in [0.1, 0.15) is 32.6 Å². The van der Waals surface area contributed by atoms with Crippen LogP contribution in [-0.4, -0.2) is 121 Å². The third kappa shape index (κ3) is 11.0.